The Kier molecular flexibility index (Phi) is 3.35. The van der Waals surface area contributed by atoms with Gasteiger partial charge in [0, 0.05) is 11.6 Å². The van der Waals surface area contributed by atoms with E-state index in [1.165, 1.54) is 0 Å². The van der Waals surface area contributed by atoms with E-state index in [9.17, 15) is 0 Å². The molecule has 12 heavy (non-hydrogen) atoms. The van der Waals surface area contributed by atoms with Crippen LogP contribution in [0.2, 0.25) is 0 Å². The molecule has 1 aromatic heterocycles. The van der Waals surface area contributed by atoms with Crippen LogP contribution in [0.5, 0.6) is 0 Å². The van der Waals surface area contributed by atoms with Gasteiger partial charge in [-0.05, 0) is 31.4 Å². The van der Waals surface area contributed by atoms with E-state index >= 15 is 0 Å². The summed E-state index contributed by atoms with van der Waals surface area (Å²) < 4.78 is 0. The highest BCUT2D eigenvalue weighted by atomic mass is 35.5. The molecule has 1 aromatic rings. The van der Waals surface area contributed by atoms with Gasteiger partial charge in [-0.3, -0.25) is 0 Å². The number of nitrogens with zero attached hydrogens (tertiary/aromatic N) is 1. The first-order chi connectivity index (χ1) is 5.70. The van der Waals surface area contributed by atoms with Gasteiger partial charge < -0.3 is 5.73 Å². The lowest BCUT2D eigenvalue weighted by atomic mass is 10.1. The zero-order chi connectivity index (χ0) is 8.97. The minimum atomic E-state index is 0.199. The lowest BCUT2D eigenvalue weighted by Gasteiger charge is -2.04. The van der Waals surface area contributed by atoms with Crippen LogP contribution in [0.1, 0.15) is 18.9 Å². The molecule has 0 aliphatic heterocycles. The zero-order valence-electron chi connectivity index (χ0n) is 7.13. The predicted molar refractivity (Wildman–Crippen MR) is 52.3 cm³/mol. The first-order valence-corrected chi connectivity index (χ1v) is 4.47. The maximum atomic E-state index is 5.82. The second kappa shape index (κ2) is 4.31. The number of aromatic nitrogens is 1. The lowest BCUT2D eigenvalue weighted by Crippen LogP contribution is -2.00. The van der Waals surface area contributed by atoms with Gasteiger partial charge in [0.1, 0.15) is 5.82 Å². The highest BCUT2D eigenvalue weighted by molar-refractivity contribution is 6.20. The molecule has 0 bridgehead atoms. The van der Waals surface area contributed by atoms with Crippen LogP contribution < -0.4 is 5.73 Å². The Morgan fingerprint density at radius 2 is 2.42 bits per heavy atom. The largest absolute Gasteiger partial charge is 0.383 e. The average Bonchev–Trinajstić information content (AvgIpc) is 2.03. The third kappa shape index (κ3) is 2.70. The topological polar surface area (TPSA) is 38.9 Å². The molecule has 3 heteroatoms. The number of nitrogen functional groups attached to an aromatic ring is 1. The standard InChI is InChI=1S/C9H13ClN2/c1-7(10)4-5-8-3-2-6-12-9(8)11/h2-3,6-7H,4-5H2,1H3,(H2,11,12). The van der Waals surface area contributed by atoms with Crippen molar-refractivity contribution in [3.63, 3.8) is 0 Å². The van der Waals surface area contributed by atoms with Crippen LogP contribution >= 0.6 is 11.6 Å². The molecular formula is C9H13ClN2. The molecule has 0 saturated heterocycles. The normalized spacial score (nSPS) is 12.8. The van der Waals surface area contributed by atoms with Gasteiger partial charge in [-0.2, -0.15) is 0 Å². The summed E-state index contributed by atoms with van der Waals surface area (Å²) in [7, 11) is 0. The van der Waals surface area contributed by atoms with Crippen LogP contribution in [0.15, 0.2) is 18.3 Å². The Labute approximate surface area is 77.8 Å². The van der Waals surface area contributed by atoms with Gasteiger partial charge in [-0.25, -0.2) is 4.98 Å². The van der Waals surface area contributed by atoms with Crippen LogP contribution in [0, 0.1) is 0 Å². The summed E-state index contributed by atoms with van der Waals surface area (Å²) in [6.07, 6.45) is 3.55. The predicted octanol–water partition coefficient (Wildman–Crippen LogP) is 2.22. The highest BCUT2D eigenvalue weighted by Gasteiger charge is 2.01. The van der Waals surface area contributed by atoms with Crippen LogP contribution in [-0.2, 0) is 6.42 Å². The quantitative estimate of drug-likeness (QED) is 0.732. The summed E-state index contributed by atoms with van der Waals surface area (Å²) in [6.45, 7) is 1.98. The van der Waals surface area contributed by atoms with Crippen molar-refractivity contribution in [1.82, 2.24) is 4.98 Å². The van der Waals surface area contributed by atoms with Crippen molar-refractivity contribution in [2.45, 2.75) is 25.1 Å². The van der Waals surface area contributed by atoms with Gasteiger partial charge in [-0.1, -0.05) is 6.07 Å². The summed E-state index contributed by atoms with van der Waals surface area (Å²) in [5, 5.41) is 0.199. The molecular weight excluding hydrogens is 172 g/mol. The third-order valence-corrected chi connectivity index (χ3v) is 1.96. The van der Waals surface area contributed by atoms with Crippen molar-refractivity contribution >= 4 is 17.4 Å². The van der Waals surface area contributed by atoms with Crippen molar-refractivity contribution in [1.29, 1.82) is 0 Å². The minimum Gasteiger partial charge on any atom is -0.383 e. The van der Waals surface area contributed by atoms with Crippen molar-refractivity contribution in [2.75, 3.05) is 5.73 Å². The maximum absolute atomic E-state index is 5.82. The second-order valence-corrected chi connectivity index (χ2v) is 3.61. The number of hydrogen-bond acceptors (Lipinski definition) is 2. The Morgan fingerprint density at radius 1 is 1.67 bits per heavy atom. The van der Waals surface area contributed by atoms with Crippen molar-refractivity contribution in [3.05, 3.63) is 23.9 Å². The molecule has 66 valence electrons. The smallest absolute Gasteiger partial charge is 0.126 e. The molecule has 1 heterocycles. The first-order valence-electron chi connectivity index (χ1n) is 4.03. The Balaban J connectivity index is 2.57. The summed E-state index contributed by atoms with van der Waals surface area (Å²) in [6, 6.07) is 3.88. The zero-order valence-corrected chi connectivity index (χ0v) is 7.88. The average molecular weight is 185 g/mol. The van der Waals surface area contributed by atoms with E-state index in [4.69, 9.17) is 17.3 Å². The molecule has 0 aliphatic rings. The Bertz CT molecular complexity index is 248. The summed E-state index contributed by atoms with van der Waals surface area (Å²) in [5.74, 6) is 0.620. The van der Waals surface area contributed by atoms with Crippen LogP contribution in [0.25, 0.3) is 0 Å². The van der Waals surface area contributed by atoms with Gasteiger partial charge in [0.25, 0.3) is 0 Å². The monoisotopic (exact) mass is 184 g/mol. The molecule has 0 amide bonds. The molecule has 2 N–H and O–H groups in total. The highest BCUT2D eigenvalue weighted by Crippen LogP contribution is 2.12. The summed E-state index contributed by atoms with van der Waals surface area (Å²) in [5.41, 5.74) is 6.74. The van der Waals surface area contributed by atoms with Crippen LogP contribution in [-0.4, -0.2) is 10.4 Å². The Hall–Kier alpha value is -0.760. The van der Waals surface area contributed by atoms with Gasteiger partial charge in [0.15, 0.2) is 0 Å². The van der Waals surface area contributed by atoms with Gasteiger partial charge >= 0.3 is 0 Å². The minimum absolute atomic E-state index is 0.199. The molecule has 2 nitrogen and oxygen atoms in total. The number of rotatable bonds is 3. The van der Waals surface area contributed by atoms with E-state index in [-0.39, 0.29) is 5.38 Å². The first kappa shape index (κ1) is 9.33. The number of hydrogen-bond donors (Lipinski definition) is 1. The number of anilines is 1. The molecule has 0 saturated carbocycles. The van der Waals surface area contributed by atoms with Crippen molar-refractivity contribution < 1.29 is 0 Å². The number of halogens is 1. The summed E-state index contributed by atoms with van der Waals surface area (Å²) in [4.78, 5) is 3.99. The van der Waals surface area contributed by atoms with E-state index in [1.54, 1.807) is 6.20 Å². The molecule has 1 unspecified atom stereocenters. The lowest BCUT2D eigenvalue weighted by molar-refractivity contribution is 0.802. The number of alkyl halides is 1. The number of aryl methyl sites for hydroxylation is 1. The van der Waals surface area contributed by atoms with Crippen LogP contribution in [0.4, 0.5) is 5.82 Å². The molecule has 1 atom stereocenters. The van der Waals surface area contributed by atoms with Gasteiger partial charge in [0.05, 0.1) is 0 Å². The van der Waals surface area contributed by atoms with E-state index in [2.05, 4.69) is 4.98 Å². The third-order valence-electron chi connectivity index (χ3n) is 1.74. The van der Waals surface area contributed by atoms with E-state index in [0.717, 1.165) is 18.4 Å². The van der Waals surface area contributed by atoms with Gasteiger partial charge in [-0.15, -0.1) is 11.6 Å². The second-order valence-electron chi connectivity index (χ2n) is 2.87. The molecule has 1 rings (SSSR count). The molecule has 0 spiro atoms. The fourth-order valence-corrected chi connectivity index (χ4v) is 1.13. The maximum Gasteiger partial charge on any atom is 0.126 e. The molecule has 0 radical (unpaired) electrons. The van der Waals surface area contributed by atoms with E-state index < -0.39 is 0 Å². The fraction of sp³-hybridized carbons (Fsp3) is 0.444. The van der Waals surface area contributed by atoms with E-state index in [1.807, 2.05) is 19.1 Å². The number of nitrogens with two attached hydrogens (primary N) is 1. The fourth-order valence-electron chi connectivity index (χ4n) is 1.02. The SMILES string of the molecule is CC(Cl)CCc1cccnc1N. The summed E-state index contributed by atoms with van der Waals surface area (Å²) >= 11 is 5.82. The number of pyridine rings is 1. The van der Waals surface area contributed by atoms with Gasteiger partial charge in [0.2, 0.25) is 0 Å². The van der Waals surface area contributed by atoms with Crippen molar-refractivity contribution in [3.8, 4) is 0 Å². The molecule has 0 fully saturated rings. The Morgan fingerprint density at radius 3 is 3.00 bits per heavy atom. The van der Waals surface area contributed by atoms with Crippen molar-refractivity contribution in [2.24, 2.45) is 0 Å². The van der Waals surface area contributed by atoms with Crippen LogP contribution in [0.3, 0.4) is 0 Å². The van der Waals surface area contributed by atoms with E-state index in [0.29, 0.717) is 5.82 Å². The molecule has 0 aromatic carbocycles. The molecule has 0 aliphatic carbocycles.